The van der Waals surface area contributed by atoms with Crippen LogP contribution in [0.15, 0.2) is 66.7 Å². The molecular formula is C34H38N2O6. The van der Waals surface area contributed by atoms with Crippen LogP contribution in [0.25, 0.3) is 0 Å². The Bertz CT molecular complexity index is 1460. The number of methoxy groups -OCH3 is 1. The summed E-state index contributed by atoms with van der Waals surface area (Å²) in [6.45, 7) is 6.00. The minimum absolute atomic E-state index is 0.0817. The Balaban J connectivity index is 1.33. The molecule has 0 aromatic heterocycles. The molecule has 8 heteroatoms. The summed E-state index contributed by atoms with van der Waals surface area (Å²) in [6.07, 6.45) is 2.74. The lowest BCUT2D eigenvalue weighted by Gasteiger charge is -2.38. The molecule has 1 N–H and O–H groups in total. The first-order chi connectivity index (χ1) is 20.1. The second kappa shape index (κ2) is 12.3. The van der Waals surface area contributed by atoms with E-state index in [-0.39, 0.29) is 24.5 Å². The Morgan fingerprint density at radius 3 is 2.45 bits per heavy atom. The molecule has 2 amide bonds. The third-order valence-electron chi connectivity index (χ3n) is 7.71. The summed E-state index contributed by atoms with van der Waals surface area (Å²) < 4.78 is 16.5. The van der Waals surface area contributed by atoms with Crippen LogP contribution in [0.2, 0.25) is 0 Å². The maximum atomic E-state index is 13.8. The van der Waals surface area contributed by atoms with Crippen molar-refractivity contribution in [3.8, 4) is 5.75 Å². The van der Waals surface area contributed by atoms with Crippen molar-refractivity contribution in [2.75, 3.05) is 7.11 Å². The van der Waals surface area contributed by atoms with Crippen molar-refractivity contribution in [3.05, 3.63) is 100 Å². The van der Waals surface area contributed by atoms with E-state index in [9.17, 15) is 14.4 Å². The highest BCUT2D eigenvalue weighted by atomic mass is 16.6. The summed E-state index contributed by atoms with van der Waals surface area (Å²) in [7, 11) is 1.35. The van der Waals surface area contributed by atoms with Gasteiger partial charge in [-0.1, -0.05) is 42.5 Å². The SMILES string of the molecule is COC(=O)c1ccc(COc2ccc3c(c2)CN(C(=O)OC(C)(C)C)[C@H](C(=O)N[C@@H]2CCCc4ccccc42)C3)cc1. The quantitative estimate of drug-likeness (QED) is 0.371. The zero-order valence-electron chi connectivity index (χ0n) is 24.6. The lowest BCUT2D eigenvalue weighted by molar-refractivity contribution is -0.128. The van der Waals surface area contributed by atoms with Gasteiger partial charge in [0, 0.05) is 6.42 Å². The lowest BCUT2D eigenvalue weighted by Crippen LogP contribution is -2.54. The van der Waals surface area contributed by atoms with Gasteiger partial charge in [-0.3, -0.25) is 9.69 Å². The van der Waals surface area contributed by atoms with Gasteiger partial charge in [0.25, 0.3) is 0 Å². The first-order valence-electron chi connectivity index (χ1n) is 14.4. The van der Waals surface area contributed by atoms with Crippen LogP contribution in [0.5, 0.6) is 5.75 Å². The van der Waals surface area contributed by atoms with Gasteiger partial charge in [0.15, 0.2) is 0 Å². The number of benzene rings is 3. The monoisotopic (exact) mass is 570 g/mol. The van der Waals surface area contributed by atoms with Crippen LogP contribution >= 0.6 is 0 Å². The number of hydrogen-bond acceptors (Lipinski definition) is 6. The molecule has 3 aromatic carbocycles. The molecule has 0 unspecified atom stereocenters. The fourth-order valence-electron chi connectivity index (χ4n) is 5.59. The number of carbonyl (C=O) groups is 3. The van der Waals surface area contributed by atoms with Crippen molar-refractivity contribution < 1.29 is 28.6 Å². The molecule has 220 valence electrons. The van der Waals surface area contributed by atoms with E-state index in [0.29, 0.717) is 24.3 Å². The molecule has 1 aliphatic heterocycles. The Kier molecular flexibility index (Phi) is 8.52. The molecule has 0 radical (unpaired) electrons. The van der Waals surface area contributed by atoms with Crippen LogP contribution in [0.1, 0.15) is 77.8 Å². The van der Waals surface area contributed by atoms with E-state index in [4.69, 9.17) is 14.2 Å². The fraction of sp³-hybridized carbons (Fsp3) is 0.382. The van der Waals surface area contributed by atoms with Crippen molar-refractivity contribution in [1.82, 2.24) is 10.2 Å². The van der Waals surface area contributed by atoms with Gasteiger partial charge in [-0.15, -0.1) is 0 Å². The molecule has 0 saturated heterocycles. The van der Waals surface area contributed by atoms with E-state index in [1.807, 2.05) is 63.2 Å². The molecule has 2 atom stereocenters. The number of rotatable bonds is 6. The van der Waals surface area contributed by atoms with Gasteiger partial charge < -0.3 is 19.5 Å². The number of amides is 2. The Hall–Kier alpha value is -4.33. The maximum Gasteiger partial charge on any atom is 0.411 e. The van der Waals surface area contributed by atoms with Crippen LogP contribution in [0.4, 0.5) is 4.79 Å². The van der Waals surface area contributed by atoms with E-state index in [0.717, 1.165) is 41.5 Å². The molecule has 0 spiro atoms. The van der Waals surface area contributed by atoms with Crippen LogP contribution in [0, 0.1) is 0 Å². The van der Waals surface area contributed by atoms with E-state index in [1.54, 1.807) is 12.1 Å². The predicted molar refractivity (Wildman–Crippen MR) is 158 cm³/mol. The predicted octanol–water partition coefficient (Wildman–Crippen LogP) is 5.91. The summed E-state index contributed by atoms with van der Waals surface area (Å²) in [5.41, 5.74) is 4.99. The summed E-state index contributed by atoms with van der Waals surface area (Å²) in [5.74, 6) is 0.0860. The highest BCUT2D eigenvalue weighted by molar-refractivity contribution is 5.89. The number of aryl methyl sites for hydroxylation is 1. The molecule has 2 aliphatic rings. The molecule has 0 bridgehead atoms. The molecule has 1 heterocycles. The fourth-order valence-corrected chi connectivity index (χ4v) is 5.59. The van der Waals surface area contributed by atoms with Gasteiger partial charge in [0.05, 0.1) is 25.3 Å². The number of nitrogens with zero attached hydrogens (tertiary/aromatic N) is 1. The van der Waals surface area contributed by atoms with Gasteiger partial charge in [-0.05, 0) is 92.1 Å². The number of hydrogen-bond donors (Lipinski definition) is 1. The Labute approximate surface area is 247 Å². The van der Waals surface area contributed by atoms with Gasteiger partial charge >= 0.3 is 12.1 Å². The molecule has 42 heavy (non-hydrogen) atoms. The van der Waals surface area contributed by atoms with E-state index >= 15 is 0 Å². The second-order valence-corrected chi connectivity index (χ2v) is 11.9. The lowest BCUT2D eigenvalue weighted by atomic mass is 9.87. The van der Waals surface area contributed by atoms with Gasteiger partial charge in [-0.2, -0.15) is 0 Å². The van der Waals surface area contributed by atoms with E-state index < -0.39 is 17.7 Å². The largest absolute Gasteiger partial charge is 0.489 e. The number of ether oxygens (including phenoxy) is 3. The number of carbonyl (C=O) groups excluding carboxylic acids is 3. The number of nitrogens with one attached hydrogen (secondary N) is 1. The van der Waals surface area contributed by atoms with Crippen LogP contribution in [-0.4, -0.2) is 41.6 Å². The van der Waals surface area contributed by atoms with E-state index in [2.05, 4.69) is 17.4 Å². The summed E-state index contributed by atoms with van der Waals surface area (Å²) in [6, 6.07) is 20.3. The van der Waals surface area contributed by atoms with Gasteiger partial charge in [0.1, 0.15) is 24.0 Å². The molecule has 0 saturated carbocycles. The number of esters is 1. The smallest absolute Gasteiger partial charge is 0.411 e. The van der Waals surface area contributed by atoms with Crippen molar-refractivity contribution in [1.29, 1.82) is 0 Å². The van der Waals surface area contributed by atoms with Crippen molar-refractivity contribution in [2.24, 2.45) is 0 Å². The van der Waals surface area contributed by atoms with Crippen molar-refractivity contribution >= 4 is 18.0 Å². The zero-order valence-corrected chi connectivity index (χ0v) is 24.6. The molecule has 1 aliphatic carbocycles. The van der Waals surface area contributed by atoms with Crippen molar-refractivity contribution in [2.45, 2.75) is 77.3 Å². The highest BCUT2D eigenvalue weighted by Crippen LogP contribution is 2.32. The minimum atomic E-state index is -0.699. The topological polar surface area (TPSA) is 94.2 Å². The zero-order chi connectivity index (χ0) is 29.9. The summed E-state index contributed by atoms with van der Waals surface area (Å²) in [5, 5.41) is 3.25. The van der Waals surface area contributed by atoms with Crippen molar-refractivity contribution in [3.63, 3.8) is 0 Å². The standard InChI is InChI=1S/C34H38N2O6/c1-34(2,3)42-33(39)36-20-26-18-27(41-21-22-12-14-24(15-13-22)32(38)40-4)17-16-25(26)19-30(36)31(37)35-29-11-7-9-23-8-5-6-10-28(23)29/h5-6,8,10,12-18,29-30H,7,9,11,19-21H2,1-4H3,(H,35,37)/t29-,30+/m1/s1. The maximum absolute atomic E-state index is 13.8. The number of fused-ring (bicyclic) bond motifs is 2. The molecule has 5 rings (SSSR count). The third-order valence-corrected chi connectivity index (χ3v) is 7.71. The molecule has 8 nitrogen and oxygen atoms in total. The first-order valence-corrected chi connectivity index (χ1v) is 14.4. The van der Waals surface area contributed by atoms with E-state index in [1.165, 1.54) is 17.6 Å². The average molecular weight is 571 g/mol. The Morgan fingerprint density at radius 1 is 0.952 bits per heavy atom. The average Bonchev–Trinajstić information content (AvgIpc) is 2.98. The summed E-state index contributed by atoms with van der Waals surface area (Å²) >= 11 is 0. The van der Waals surface area contributed by atoms with Gasteiger partial charge in [-0.25, -0.2) is 9.59 Å². The molecular weight excluding hydrogens is 532 g/mol. The normalized spacial score (nSPS) is 17.9. The van der Waals surface area contributed by atoms with Crippen LogP contribution in [0.3, 0.4) is 0 Å². The minimum Gasteiger partial charge on any atom is -0.489 e. The second-order valence-electron chi connectivity index (χ2n) is 11.9. The van der Waals surface area contributed by atoms with Crippen LogP contribution < -0.4 is 10.1 Å². The first kappa shape index (κ1) is 29.2. The summed E-state index contributed by atoms with van der Waals surface area (Å²) in [4.78, 5) is 40.4. The van der Waals surface area contributed by atoms with Gasteiger partial charge in [0.2, 0.25) is 5.91 Å². The molecule has 0 fully saturated rings. The van der Waals surface area contributed by atoms with Crippen LogP contribution in [-0.2, 0) is 40.3 Å². The highest BCUT2D eigenvalue weighted by Gasteiger charge is 2.38. The third kappa shape index (κ3) is 6.75. The molecule has 3 aromatic rings. The Morgan fingerprint density at radius 2 is 1.71 bits per heavy atom.